The van der Waals surface area contributed by atoms with Gasteiger partial charge in [-0.25, -0.2) is 4.68 Å². The molecule has 2 aromatic heterocycles. The van der Waals surface area contributed by atoms with E-state index in [-0.39, 0.29) is 17.8 Å². The van der Waals surface area contributed by atoms with E-state index in [9.17, 15) is 14.7 Å². The van der Waals surface area contributed by atoms with E-state index in [4.69, 9.17) is 0 Å². The lowest BCUT2D eigenvalue weighted by Crippen LogP contribution is -2.32. The van der Waals surface area contributed by atoms with Crippen molar-refractivity contribution >= 4 is 5.97 Å². The second-order valence-electron chi connectivity index (χ2n) is 4.80. The van der Waals surface area contributed by atoms with Gasteiger partial charge in [0.2, 0.25) is 0 Å². The standard InChI is InChI=1S/C12H15N5O3/c1-3-12(2,11(19)20)7-17-10(14-15-16-17)8-6-13-5-4-9(8)18/h4-6H,3,7H2,1-2H3,(H,13,18)(H,19,20). The van der Waals surface area contributed by atoms with Crippen molar-refractivity contribution in [1.29, 1.82) is 0 Å². The maximum Gasteiger partial charge on any atom is 0.311 e. The fraction of sp³-hybridized carbons (Fsp3) is 0.417. The van der Waals surface area contributed by atoms with E-state index in [1.807, 2.05) is 0 Å². The first kappa shape index (κ1) is 13.9. The Bertz CT molecular complexity index is 677. The molecule has 0 radical (unpaired) electrons. The zero-order valence-electron chi connectivity index (χ0n) is 11.2. The van der Waals surface area contributed by atoms with Gasteiger partial charge in [-0.05, 0) is 23.8 Å². The summed E-state index contributed by atoms with van der Waals surface area (Å²) in [5.74, 6) is -0.670. The molecule has 8 heteroatoms. The van der Waals surface area contributed by atoms with Crippen molar-refractivity contribution < 1.29 is 9.90 Å². The summed E-state index contributed by atoms with van der Waals surface area (Å²) < 4.78 is 1.35. The second kappa shape index (κ2) is 5.24. The number of nitrogens with one attached hydrogen (secondary N) is 1. The summed E-state index contributed by atoms with van der Waals surface area (Å²) in [7, 11) is 0. The largest absolute Gasteiger partial charge is 0.481 e. The van der Waals surface area contributed by atoms with Gasteiger partial charge in [0.05, 0.1) is 17.5 Å². The number of tetrazole rings is 1. The Kier molecular flexibility index (Phi) is 3.64. The molecule has 0 fully saturated rings. The average Bonchev–Trinajstić information content (AvgIpc) is 2.86. The van der Waals surface area contributed by atoms with E-state index in [1.165, 1.54) is 23.1 Å². The highest BCUT2D eigenvalue weighted by Crippen LogP contribution is 2.25. The highest BCUT2D eigenvalue weighted by atomic mass is 16.4. The molecule has 2 N–H and O–H groups in total. The Labute approximate surface area is 114 Å². The number of rotatable bonds is 5. The Hall–Kier alpha value is -2.51. The number of carboxylic acids is 1. The van der Waals surface area contributed by atoms with E-state index >= 15 is 0 Å². The smallest absolute Gasteiger partial charge is 0.311 e. The fourth-order valence-electron chi connectivity index (χ4n) is 1.76. The Morgan fingerprint density at radius 2 is 2.30 bits per heavy atom. The summed E-state index contributed by atoms with van der Waals surface area (Å²) in [4.78, 5) is 25.9. The number of hydrogen-bond acceptors (Lipinski definition) is 5. The van der Waals surface area contributed by atoms with E-state index < -0.39 is 11.4 Å². The minimum atomic E-state index is -0.994. The number of pyridine rings is 1. The predicted molar refractivity (Wildman–Crippen MR) is 69.9 cm³/mol. The summed E-state index contributed by atoms with van der Waals surface area (Å²) in [6.07, 6.45) is 3.43. The highest BCUT2D eigenvalue weighted by Gasteiger charge is 2.33. The molecule has 2 rings (SSSR count). The Morgan fingerprint density at radius 1 is 1.55 bits per heavy atom. The van der Waals surface area contributed by atoms with Gasteiger partial charge in [0, 0.05) is 18.5 Å². The maximum atomic E-state index is 11.8. The van der Waals surface area contributed by atoms with Crippen LogP contribution in [0.1, 0.15) is 20.3 Å². The average molecular weight is 277 g/mol. The molecule has 0 amide bonds. The third-order valence-corrected chi connectivity index (χ3v) is 3.39. The highest BCUT2D eigenvalue weighted by molar-refractivity contribution is 5.74. The zero-order chi connectivity index (χ0) is 14.8. The summed E-state index contributed by atoms with van der Waals surface area (Å²) in [6.45, 7) is 3.50. The van der Waals surface area contributed by atoms with Gasteiger partial charge in [-0.2, -0.15) is 0 Å². The third-order valence-electron chi connectivity index (χ3n) is 3.39. The lowest BCUT2D eigenvalue weighted by atomic mass is 9.88. The SMILES string of the molecule is CCC(C)(Cn1nnnc1-c1c[nH]ccc1=O)C(=O)O. The van der Waals surface area contributed by atoms with Crippen LogP contribution in [-0.2, 0) is 11.3 Å². The monoisotopic (exact) mass is 277 g/mol. The number of aromatic amines is 1. The molecule has 1 unspecified atom stereocenters. The lowest BCUT2D eigenvalue weighted by molar-refractivity contribution is -0.149. The molecule has 0 aliphatic rings. The molecule has 8 nitrogen and oxygen atoms in total. The van der Waals surface area contributed by atoms with Gasteiger partial charge in [0.15, 0.2) is 11.3 Å². The van der Waals surface area contributed by atoms with Gasteiger partial charge in [-0.15, -0.1) is 5.10 Å². The van der Waals surface area contributed by atoms with E-state index in [1.54, 1.807) is 13.8 Å². The van der Waals surface area contributed by atoms with Crippen LogP contribution in [0.2, 0.25) is 0 Å². The van der Waals surface area contributed by atoms with Crippen molar-refractivity contribution in [1.82, 2.24) is 25.2 Å². The summed E-state index contributed by atoms with van der Waals surface area (Å²) in [5, 5.41) is 20.4. The van der Waals surface area contributed by atoms with Crippen molar-refractivity contribution in [2.75, 3.05) is 0 Å². The van der Waals surface area contributed by atoms with Gasteiger partial charge in [-0.3, -0.25) is 9.59 Å². The van der Waals surface area contributed by atoms with Crippen LogP contribution in [-0.4, -0.2) is 36.3 Å². The zero-order valence-corrected chi connectivity index (χ0v) is 11.2. The molecule has 0 saturated heterocycles. The van der Waals surface area contributed by atoms with Crippen molar-refractivity contribution in [2.24, 2.45) is 5.41 Å². The number of aliphatic carboxylic acids is 1. The first-order chi connectivity index (χ1) is 9.48. The van der Waals surface area contributed by atoms with Gasteiger partial charge in [0.25, 0.3) is 0 Å². The summed E-state index contributed by atoms with van der Waals surface area (Å²) in [5.41, 5.74) is -0.916. The predicted octanol–water partition coefficient (Wildman–Crippen LogP) is 0.529. The molecule has 0 aliphatic heterocycles. The Balaban J connectivity index is 2.42. The van der Waals surface area contributed by atoms with Crippen LogP contribution in [0.4, 0.5) is 0 Å². The third kappa shape index (κ3) is 2.44. The van der Waals surface area contributed by atoms with Crippen LogP contribution >= 0.6 is 0 Å². The van der Waals surface area contributed by atoms with Crippen LogP contribution in [0.15, 0.2) is 23.3 Å². The van der Waals surface area contributed by atoms with Gasteiger partial charge < -0.3 is 10.1 Å². The molecule has 0 saturated carbocycles. The molecule has 20 heavy (non-hydrogen) atoms. The Morgan fingerprint density at radius 3 is 2.90 bits per heavy atom. The van der Waals surface area contributed by atoms with E-state index in [0.717, 1.165) is 0 Å². The second-order valence-corrected chi connectivity index (χ2v) is 4.80. The van der Waals surface area contributed by atoms with Gasteiger partial charge in [-0.1, -0.05) is 6.92 Å². The van der Waals surface area contributed by atoms with Crippen molar-refractivity contribution in [3.63, 3.8) is 0 Å². The normalized spacial score (nSPS) is 13.9. The molecule has 0 bridgehead atoms. The number of carboxylic acid groups (broad SMARTS) is 1. The minimum Gasteiger partial charge on any atom is -0.481 e. The number of carbonyl (C=O) groups is 1. The molecule has 2 aromatic rings. The van der Waals surface area contributed by atoms with Crippen LogP contribution in [0, 0.1) is 5.41 Å². The molecule has 0 aliphatic carbocycles. The topological polar surface area (TPSA) is 114 Å². The van der Waals surface area contributed by atoms with Gasteiger partial charge >= 0.3 is 5.97 Å². The van der Waals surface area contributed by atoms with Crippen LogP contribution in [0.3, 0.4) is 0 Å². The van der Waals surface area contributed by atoms with E-state index in [2.05, 4.69) is 20.5 Å². The molecule has 1 atom stereocenters. The minimum absolute atomic E-state index is 0.0928. The lowest BCUT2D eigenvalue weighted by Gasteiger charge is -2.22. The van der Waals surface area contributed by atoms with Crippen LogP contribution in [0.5, 0.6) is 0 Å². The summed E-state index contributed by atoms with van der Waals surface area (Å²) >= 11 is 0. The molecule has 2 heterocycles. The van der Waals surface area contributed by atoms with Crippen molar-refractivity contribution in [3.05, 3.63) is 28.7 Å². The molecule has 0 aromatic carbocycles. The summed E-state index contributed by atoms with van der Waals surface area (Å²) in [6, 6.07) is 1.37. The first-order valence-corrected chi connectivity index (χ1v) is 6.15. The number of aromatic nitrogens is 5. The number of H-pyrrole nitrogens is 1. The molecule has 0 spiro atoms. The maximum absolute atomic E-state index is 11.8. The van der Waals surface area contributed by atoms with Crippen molar-refractivity contribution in [2.45, 2.75) is 26.8 Å². The van der Waals surface area contributed by atoms with Gasteiger partial charge in [0.1, 0.15) is 0 Å². The molecule has 106 valence electrons. The van der Waals surface area contributed by atoms with Crippen LogP contribution < -0.4 is 5.43 Å². The number of nitrogens with zero attached hydrogens (tertiary/aromatic N) is 4. The number of hydrogen-bond donors (Lipinski definition) is 2. The van der Waals surface area contributed by atoms with E-state index in [0.29, 0.717) is 12.0 Å². The quantitative estimate of drug-likeness (QED) is 0.824. The van der Waals surface area contributed by atoms with Crippen LogP contribution in [0.25, 0.3) is 11.4 Å². The molecular formula is C12H15N5O3. The van der Waals surface area contributed by atoms with Crippen molar-refractivity contribution in [3.8, 4) is 11.4 Å². The first-order valence-electron chi connectivity index (χ1n) is 6.15. The molecular weight excluding hydrogens is 262 g/mol. The fourth-order valence-corrected chi connectivity index (χ4v) is 1.76.